The lowest BCUT2D eigenvalue weighted by Crippen LogP contribution is -2.32. The van der Waals surface area contributed by atoms with Crippen LogP contribution in [-0.2, 0) is 11.2 Å². The monoisotopic (exact) mass is 226 g/mol. The fourth-order valence-corrected chi connectivity index (χ4v) is 2.74. The number of nitrogens with one attached hydrogen (secondary N) is 2. The lowest BCUT2D eigenvalue weighted by atomic mass is 10.2. The van der Waals surface area contributed by atoms with Crippen LogP contribution < -0.4 is 5.32 Å². The number of carbonyl (C=O) groups is 1. The molecular formula is C9H14N4OS. The molecule has 2 N–H and O–H groups in total. The predicted molar refractivity (Wildman–Crippen MR) is 58.6 cm³/mol. The number of rotatable bonds is 4. The molecule has 0 saturated carbocycles. The maximum atomic E-state index is 11.6. The first-order valence-corrected chi connectivity index (χ1v) is 6.14. The molecule has 6 heteroatoms. The van der Waals surface area contributed by atoms with Crippen LogP contribution in [0.5, 0.6) is 0 Å². The number of carbonyl (C=O) groups excluding carboxylic acids is 1. The summed E-state index contributed by atoms with van der Waals surface area (Å²) in [5.41, 5.74) is 0. The van der Waals surface area contributed by atoms with Gasteiger partial charge in [-0.3, -0.25) is 9.89 Å². The topological polar surface area (TPSA) is 70.7 Å². The van der Waals surface area contributed by atoms with Crippen LogP contribution in [0.2, 0.25) is 0 Å². The van der Waals surface area contributed by atoms with Crippen LogP contribution in [-0.4, -0.2) is 38.6 Å². The first-order valence-electron chi connectivity index (χ1n) is 5.10. The van der Waals surface area contributed by atoms with Crippen LogP contribution in [0.25, 0.3) is 0 Å². The van der Waals surface area contributed by atoms with Crippen LogP contribution in [0.1, 0.15) is 18.7 Å². The molecule has 0 aromatic carbocycles. The SMILES string of the molecule is O=C(NCCc1ncn[nH]1)C1CCCS1. The smallest absolute Gasteiger partial charge is 0.233 e. The van der Waals surface area contributed by atoms with E-state index in [1.165, 1.54) is 6.33 Å². The maximum absolute atomic E-state index is 11.6. The highest BCUT2D eigenvalue weighted by Gasteiger charge is 2.22. The van der Waals surface area contributed by atoms with Gasteiger partial charge in [0.05, 0.1) is 5.25 Å². The third kappa shape index (κ3) is 2.95. The number of H-pyrrole nitrogens is 1. The average Bonchev–Trinajstić information content (AvgIpc) is 2.90. The van der Waals surface area contributed by atoms with E-state index in [1.807, 2.05) is 0 Å². The highest BCUT2D eigenvalue weighted by Crippen LogP contribution is 2.25. The number of thioether (sulfide) groups is 1. The van der Waals surface area contributed by atoms with E-state index in [-0.39, 0.29) is 11.2 Å². The van der Waals surface area contributed by atoms with Crippen molar-refractivity contribution in [1.29, 1.82) is 0 Å². The molecule has 0 aliphatic carbocycles. The molecule has 0 spiro atoms. The number of aromatic amines is 1. The van der Waals surface area contributed by atoms with Gasteiger partial charge in [0.15, 0.2) is 0 Å². The highest BCUT2D eigenvalue weighted by molar-refractivity contribution is 8.00. The molecule has 1 amide bonds. The Balaban J connectivity index is 1.67. The Labute approximate surface area is 92.4 Å². The molecule has 1 aromatic heterocycles. The van der Waals surface area contributed by atoms with Crippen molar-refractivity contribution in [2.45, 2.75) is 24.5 Å². The third-order valence-corrected chi connectivity index (χ3v) is 3.72. The van der Waals surface area contributed by atoms with E-state index in [1.54, 1.807) is 11.8 Å². The second-order valence-corrected chi connectivity index (χ2v) is 4.79. The second-order valence-electron chi connectivity index (χ2n) is 3.47. The van der Waals surface area contributed by atoms with Gasteiger partial charge in [0.1, 0.15) is 12.2 Å². The van der Waals surface area contributed by atoms with E-state index in [0.717, 1.165) is 24.4 Å². The first kappa shape index (κ1) is 10.5. The quantitative estimate of drug-likeness (QED) is 0.777. The van der Waals surface area contributed by atoms with Gasteiger partial charge in [-0.05, 0) is 18.6 Å². The molecule has 1 unspecified atom stereocenters. The van der Waals surface area contributed by atoms with Gasteiger partial charge in [0.25, 0.3) is 0 Å². The third-order valence-electron chi connectivity index (χ3n) is 2.35. The Morgan fingerprint density at radius 2 is 2.67 bits per heavy atom. The molecule has 1 atom stereocenters. The predicted octanol–water partition coefficient (Wildman–Crippen LogP) is 0.359. The summed E-state index contributed by atoms with van der Waals surface area (Å²) in [6, 6.07) is 0. The van der Waals surface area contributed by atoms with E-state index in [0.29, 0.717) is 13.0 Å². The molecule has 1 aromatic rings. The van der Waals surface area contributed by atoms with Gasteiger partial charge in [-0.25, -0.2) is 4.98 Å². The first-order chi connectivity index (χ1) is 7.36. The van der Waals surface area contributed by atoms with Gasteiger partial charge in [-0.1, -0.05) is 0 Å². The van der Waals surface area contributed by atoms with Gasteiger partial charge in [-0.15, -0.1) is 11.8 Å². The molecule has 0 radical (unpaired) electrons. The number of aromatic nitrogens is 3. The molecule has 82 valence electrons. The van der Waals surface area contributed by atoms with Gasteiger partial charge >= 0.3 is 0 Å². The fourth-order valence-electron chi connectivity index (χ4n) is 1.55. The summed E-state index contributed by atoms with van der Waals surface area (Å²) < 4.78 is 0. The Bertz CT molecular complexity index is 308. The molecule has 1 fully saturated rings. The molecule has 15 heavy (non-hydrogen) atoms. The van der Waals surface area contributed by atoms with Crippen molar-refractivity contribution >= 4 is 17.7 Å². The van der Waals surface area contributed by atoms with Crippen LogP contribution in [0.15, 0.2) is 6.33 Å². The minimum absolute atomic E-state index is 0.164. The number of hydrogen-bond acceptors (Lipinski definition) is 4. The lowest BCUT2D eigenvalue weighted by Gasteiger charge is -2.08. The Morgan fingerprint density at radius 1 is 1.73 bits per heavy atom. The van der Waals surface area contributed by atoms with Crippen LogP contribution in [0.3, 0.4) is 0 Å². The second kappa shape index (κ2) is 5.16. The van der Waals surface area contributed by atoms with E-state index in [2.05, 4.69) is 20.5 Å². The summed E-state index contributed by atoms with van der Waals surface area (Å²) in [4.78, 5) is 15.6. The normalized spacial score (nSPS) is 20.4. The minimum Gasteiger partial charge on any atom is -0.355 e. The Hall–Kier alpha value is -1.04. The zero-order valence-electron chi connectivity index (χ0n) is 8.40. The largest absolute Gasteiger partial charge is 0.355 e. The number of hydrogen-bond donors (Lipinski definition) is 2. The van der Waals surface area contributed by atoms with E-state index < -0.39 is 0 Å². The summed E-state index contributed by atoms with van der Waals surface area (Å²) in [7, 11) is 0. The maximum Gasteiger partial charge on any atom is 0.233 e. The zero-order chi connectivity index (χ0) is 10.5. The number of amides is 1. The van der Waals surface area contributed by atoms with Crippen molar-refractivity contribution in [2.75, 3.05) is 12.3 Å². The molecule has 1 saturated heterocycles. The van der Waals surface area contributed by atoms with Crippen molar-refractivity contribution in [3.63, 3.8) is 0 Å². The highest BCUT2D eigenvalue weighted by atomic mass is 32.2. The van der Waals surface area contributed by atoms with E-state index in [4.69, 9.17) is 0 Å². The van der Waals surface area contributed by atoms with Crippen molar-refractivity contribution in [2.24, 2.45) is 0 Å². The van der Waals surface area contributed by atoms with Crippen LogP contribution >= 0.6 is 11.8 Å². The van der Waals surface area contributed by atoms with Crippen molar-refractivity contribution in [3.05, 3.63) is 12.2 Å². The molecule has 2 heterocycles. The van der Waals surface area contributed by atoms with E-state index >= 15 is 0 Å². The summed E-state index contributed by atoms with van der Waals surface area (Å²) in [5, 5.41) is 9.59. The Kier molecular flexibility index (Phi) is 3.60. The molecule has 0 bridgehead atoms. The Morgan fingerprint density at radius 3 is 3.33 bits per heavy atom. The van der Waals surface area contributed by atoms with Crippen molar-refractivity contribution in [1.82, 2.24) is 20.5 Å². The average molecular weight is 226 g/mol. The van der Waals surface area contributed by atoms with Gasteiger partial charge in [0.2, 0.25) is 5.91 Å². The molecule has 1 aliphatic heterocycles. The minimum atomic E-state index is 0.164. The summed E-state index contributed by atoms with van der Waals surface area (Å²) in [6.45, 7) is 0.630. The standard InChI is InChI=1S/C9H14N4OS/c14-9(7-2-1-5-15-7)10-4-3-8-11-6-12-13-8/h6-7H,1-5H2,(H,10,14)(H,11,12,13). The summed E-state index contributed by atoms with van der Waals surface area (Å²) >= 11 is 1.75. The molecular weight excluding hydrogens is 212 g/mol. The van der Waals surface area contributed by atoms with Crippen LogP contribution in [0, 0.1) is 0 Å². The molecule has 2 rings (SSSR count). The van der Waals surface area contributed by atoms with Crippen LogP contribution in [0.4, 0.5) is 0 Å². The summed E-state index contributed by atoms with van der Waals surface area (Å²) in [5.74, 6) is 2.09. The molecule has 5 nitrogen and oxygen atoms in total. The van der Waals surface area contributed by atoms with Gasteiger partial charge in [-0.2, -0.15) is 5.10 Å². The number of nitrogens with zero attached hydrogens (tertiary/aromatic N) is 2. The lowest BCUT2D eigenvalue weighted by molar-refractivity contribution is -0.120. The van der Waals surface area contributed by atoms with E-state index in [9.17, 15) is 4.79 Å². The van der Waals surface area contributed by atoms with Crippen molar-refractivity contribution < 1.29 is 4.79 Å². The van der Waals surface area contributed by atoms with Gasteiger partial charge < -0.3 is 5.32 Å². The molecule has 1 aliphatic rings. The zero-order valence-corrected chi connectivity index (χ0v) is 9.22. The summed E-state index contributed by atoms with van der Waals surface area (Å²) in [6.07, 6.45) is 4.36. The fraction of sp³-hybridized carbons (Fsp3) is 0.667. The van der Waals surface area contributed by atoms with Gasteiger partial charge in [0, 0.05) is 13.0 Å². The van der Waals surface area contributed by atoms with Crippen molar-refractivity contribution in [3.8, 4) is 0 Å².